The summed E-state index contributed by atoms with van der Waals surface area (Å²) in [5.41, 5.74) is 0. The first-order valence-electron chi connectivity index (χ1n) is 6.98. The lowest BCUT2D eigenvalue weighted by atomic mass is 10.3. The van der Waals surface area contributed by atoms with Crippen LogP contribution in [-0.2, 0) is 9.53 Å². The van der Waals surface area contributed by atoms with Gasteiger partial charge in [0.25, 0.3) is 0 Å². The number of nitrogens with one attached hydrogen (secondary N) is 2. The van der Waals surface area contributed by atoms with Crippen LogP contribution in [0.5, 0.6) is 0 Å². The van der Waals surface area contributed by atoms with Gasteiger partial charge in [-0.25, -0.2) is 0 Å². The molecule has 1 unspecified atom stereocenters. The molecule has 0 saturated heterocycles. The summed E-state index contributed by atoms with van der Waals surface area (Å²) in [6.45, 7) is 5.01. The van der Waals surface area contributed by atoms with Crippen LogP contribution in [0.2, 0.25) is 0 Å². The third-order valence-corrected chi connectivity index (χ3v) is 2.88. The number of hydrogen-bond acceptors (Lipinski definition) is 4. The van der Waals surface area contributed by atoms with E-state index in [1.807, 2.05) is 0 Å². The minimum Gasteiger partial charge on any atom is -0.389 e. The van der Waals surface area contributed by atoms with Crippen molar-refractivity contribution in [3.63, 3.8) is 0 Å². The summed E-state index contributed by atoms with van der Waals surface area (Å²) >= 11 is 0. The molecule has 1 aliphatic rings. The number of carbonyl (C=O) groups excluding carboxylic acids is 1. The molecule has 0 heterocycles. The van der Waals surface area contributed by atoms with Gasteiger partial charge in [0.15, 0.2) is 0 Å². The summed E-state index contributed by atoms with van der Waals surface area (Å²) in [6.07, 6.45) is 3.74. The maximum atomic E-state index is 11.3. The number of unbranched alkanes of at least 4 members (excludes halogenated alkanes) is 1. The van der Waals surface area contributed by atoms with Gasteiger partial charge in [-0.3, -0.25) is 4.79 Å². The minimum atomic E-state index is -0.471. The van der Waals surface area contributed by atoms with Gasteiger partial charge >= 0.3 is 0 Å². The maximum absolute atomic E-state index is 11.3. The van der Waals surface area contributed by atoms with Crippen molar-refractivity contribution < 1.29 is 14.6 Å². The van der Waals surface area contributed by atoms with Crippen molar-refractivity contribution in [1.29, 1.82) is 0 Å². The van der Waals surface area contributed by atoms with E-state index < -0.39 is 6.10 Å². The molecule has 1 amide bonds. The fourth-order valence-electron chi connectivity index (χ4n) is 1.56. The van der Waals surface area contributed by atoms with E-state index in [-0.39, 0.29) is 11.8 Å². The highest BCUT2D eigenvalue weighted by Gasteiger charge is 2.28. The second-order valence-electron chi connectivity index (χ2n) is 4.85. The molecule has 0 bridgehead atoms. The van der Waals surface area contributed by atoms with Crippen molar-refractivity contribution in [3.8, 4) is 0 Å². The van der Waals surface area contributed by atoms with Gasteiger partial charge < -0.3 is 20.5 Å². The molecule has 1 fully saturated rings. The van der Waals surface area contributed by atoms with Crippen LogP contribution < -0.4 is 10.6 Å². The normalized spacial score (nSPS) is 16.6. The van der Waals surface area contributed by atoms with Gasteiger partial charge in [0.1, 0.15) is 0 Å². The molecular formula is C13H26N2O3. The van der Waals surface area contributed by atoms with E-state index in [9.17, 15) is 9.90 Å². The highest BCUT2D eigenvalue weighted by molar-refractivity contribution is 5.80. The van der Waals surface area contributed by atoms with Gasteiger partial charge in [-0.2, -0.15) is 0 Å². The highest BCUT2D eigenvalue weighted by Crippen LogP contribution is 2.28. The molecule has 5 nitrogen and oxygen atoms in total. The molecule has 1 rings (SSSR count). The molecular weight excluding hydrogens is 232 g/mol. The Morgan fingerprint density at radius 1 is 1.44 bits per heavy atom. The number of hydrogen-bond donors (Lipinski definition) is 3. The fourth-order valence-corrected chi connectivity index (χ4v) is 1.56. The van der Waals surface area contributed by atoms with Crippen LogP contribution in [0.1, 0.15) is 32.6 Å². The van der Waals surface area contributed by atoms with Gasteiger partial charge in [0.2, 0.25) is 5.91 Å². The number of rotatable bonds is 11. The van der Waals surface area contributed by atoms with Crippen LogP contribution in [0.25, 0.3) is 0 Å². The van der Waals surface area contributed by atoms with E-state index in [2.05, 4.69) is 17.6 Å². The van der Waals surface area contributed by atoms with Gasteiger partial charge in [-0.05, 0) is 19.3 Å². The standard InChI is InChI=1S/C13H26N2O3/c1-2-3-8-18-10-12(16)9-14-6-7-15-13(17)11-4-5-11/h11-12,14,16H,2-10H2,1H3,(H,15,17). The molecule has 106 valence electrons. The minimum absolute atomic E-state index is 0.167. The molecule has 3 N–H and O–H groups in total. The highest BCUT2D eigenvalue weighted by atomic mass is 16.5. The third kappa shape index (κ3) is 7.63. The van der Waals surface area contributed by atoms with Crippen LogP contribution >= 0.6 is 0 Å². The quantitative estimate of drug-likeness (QED) is 0.466. The summed E-state index contributed by atoms with van der Waals surface area (Å²) in [6, 6.07) is 0. The maximum Gasteiger partial charge on any atom is 0.223 e. The molecule has 1 aliphatic carbocycles. The predicted octanol–water partition coefficient (Wildman–Crippen LogP) is 0.280. The van der Waals surface area contributed by atoms with Crippen LogP contribution in [0, 0.1) is 5.92 Å². The zero-order chi connectivity index (χ0) is 13.2. The Bertz CT molecular complexity index is 232. The van der Waals surface area contributed by atoms with Crippen LogP contribution in [0.4, 0.5) is 0 Å². The Kier molecular flexibility index (Phi) is 7.96. The molecule has 0 radical (unpaired) electrons. The third-order valence-electron chi connectivity index (χ3n) is 2.88. The summed E-state index contributed by atoms with van der Waals surface area (Å²) < 4.78 is 5.31. The number of aliphatic hydroxyl groups is 1. The van der Waals surface area contributed by atoms with Gasteiger partial charge in [-0.1, -0.05) is 13.3 Å². The lowest BCUT2D eigenvalue weighted by Gasteiger charge is -2.12. The van der Waals surface area contributed by atoms with Crippen molar-refractivity contribution in [2.75, 3.05) is 32.8 Å². The zero-order valence-electron chi connectivity index (χ0n) is 11.3. The number of ether oxygens (including phenoxy) is 1. The Morgan fingerprint density at radius 2 is 2.22 bits per heavy atom. The van der Waals surface area contributed by atoms with Crippen molar-refractivity contribution in [2.24, 2.45) is 5.92 Å². The van der Waals surface area contributed by atoms with E-state index >= 15 is 0 Å². The zero-order valence-corrected chi connectivity index (χ0v) is 11.3. The Balaban J connectivity index is 1.82. The molecule has 0 aliphatic heterocycles. The monoisotopic (exact) mass is 258 g/mol. The SMILES string of the molecule is CCCCOCC(O)CNCCNC(=O)C1CC1. The van der Waals surface area contributed by atoms with Gasteiger partial charge in [0, 0.05) is 32.2 Å². The van der Waals surface area contributed by atoms with Gasteiger partial charge in [0.05, 0.1) is 12.7 Å². The lowest BCUT2D eigenvalue weighted by molar-refractivity contribution is -0.122. The molecule has 1 saturated carbocycles. The molecule has 0 aromatic heterocycles. The molecule has 1 atom stereocenters. The van der Waals surface area contributed by atoms with E-state index in [1.165, 1.54) is 0 Å². The second-order valence-corrected chi connectivity index (χ2v) is 4.85. The Hall–Kier alpha value is -0.650. The summed E-state index contributed by atoms with van der Waals surface area (Å²) in [5.74, 6) is 0.433. The number of carbonyl (C=O) groups is 1. The van der Waals surface area contributed by atoms with Gasteiger partial charge in [-0.15, -0.1) is 0 Å². The molecule has 5 heteroatoms. The van der Waals surface area contributed by atoms with Crippen LogP contribution in [0.3, 0.4) is 0 Å². The molecule has 0 aromatic carbocycles. The van der Waals surface area contributed by atoms with Crippen molar-refractivity contribution in [3.05, 3.63) is 0 Å². The first-order chi connectivity index (χ1) is 8.74. The Labute approximate surface area is 109 Å². The molecule has 0 aromatic rings. The average molecular weight is 258 g/mol. The van der Waals surface area contributed by atoms with Crippen LogP contribution in [-0.4, -0.2) is 50.0 Å². The molecule has 18 heavy (non-hydrogen) atoms. The summed E-state index contributed by atoms with van der Waals surface area (Å²) in [4.78, 5) is 11.3. The van der Waals surface area contributed by atoms with E-state index in [4.69, 9.17) is 4.74 Å². The summed E-state index contributed by atoms with van der Waals surface area (Å²) in [7, 11) is 0. The van der Waals surface area contributed by atoms with Crippen molar-refractivity contribution >= 4 is 5.91 Å². The Morgan fingerprint density at radius 3 is 2.89 bits per heavy atom. The molecule has 0 spiro atoms. The van der Waals surface area contributed by atoms with E-state index in [0.29, 0.717) is 32.8 Å². The summed E-state index contributed by atoms with van der Waals surface area (Å²) in [5, 5.41) is 15.5. The average Bonchev–Trinajstić information content (AvgIpc) is 3.18. The van der Waals surface area contributed by atoms with E-state index in [0.717, 1.165) is 25.7 Å². The topological polar surface area (TPSA) is 70.6 Å². The number of aliphatic hydroxyl groups excluding tert-OH is 1. The smallest absolute Gasteiger partial charge is 0.223 e. The first-order valence-corrected chi connectivity index (χ1v) is 6.98. The number of amides is 1. The largest absolute Gasteiger partial charge is 0.389 e. The first kappa shape index (κ1) is 15.4. The van der Waals surface area contributed by atoms with Crippen LogP contribution in [0.15, 0.2) is 0 Å². The van der Waals surface area contributed by atoms with Crippen molar-refractivity contribution in [2.45, 2.75) is 38.7 Å². The predicted molar refractivity (Wildman–Crippen MR) is 70.3 cm³/mol. The fraction of sp³-hybridized carbons (Fsp3) is 0.923. The second kappa shape index (κ2) is 9.30. The van der Waals surface area contributed by atoms with Crippen molar-refractivity contribution in [1.82, 2.24) is 10.6 Å². The lowest BCUT2D eigenvalue weighted by Crippen LogP contribution is -2.37. The van der Waals surface area contributed by atoms with E-state index in [1.54, 1.807) is 0 Å².